The van der Waals surface area contributed by atoms with Gasteiger partial charge in [0.2, 0.25) is 15.0 Å². The van der Waals surface area contributed by atoms with Gasteiger partial charge in [0.05, 0.1) is 0 Å². The van der Waals surface area contributed by atoms with E-state index in [0.717, 1.165) is 10.8 Å². The van der Waals surface area contributed by atoms with Crippen molar-refractivity contribution in [3.63, 3.8) is 0 Å². The van der Waals surface area contributed by atoms with Crippen LogP contribution in [0.2, 0.25) is 0 Å². The van der Waals surface area contributed by atoms with Crippen molar-refractivity contribution in [2.24, 2.45) is 0 Å². The van der Waals surface area contributed by atoms with Gasteiger partial charge in [0.25, 0.3) is 0 Å². The van der Waals surface area contributed by atoms with Gasteiger partial charge in [-0.25, -0.2) is 8.42 Å². The zero-order valence-corrected chi connectivity index (χ0v) is 12.1. The number of hydrogen-bond donors (Lipinski definition) is 0. The topological polar surface area (TPSA) is 54.5 Å². The highest BCUT2D eigenvalue weighted by molar-refractivity contribution is 8.14. The van der Waals surface area contributed by atoms with Gasteiger partial charge in [-0.1, -0.05) is 30.3 Å². The molecule has 0 aliphatic carbocycles. The molecule has 1 unspecified atom stereocenters. The number of rotatable bonds is 2. The maximum atomic E-state index is 12.0. The Hall–Kier alpha value is -1.59. The minimum Gasteiger partial charge on any atom is -0.311 e. The Balaban J connectivity index is 1.97. The molecule has 6 heteroatoms. The lowest BCUT2D eigenvalue weighted by Gasteiger charge is -2.16. The SMILES string of the molecule is O=C1CC(S(=O)(=O)Cl)CN1c1ccc2ccccc2c1. The van der Waals surface area contributed by atoms with Gasteiger partial charge in [-0.05, 0) is 22.9 Å². The summed E-state index contributed by atoms with van der Waals surface area (Å²) in [6.07, 6.45) is -0.0569. The second kappa shape index (κ2) is 4.75. The molecule has 0 bridgehead atoms. The van der Waals surface area contributed by atoms with E-state index in [0.29, 0.717) is 5.69 Å². The first-order valence-corrected chi connectivity index (χ1v) is 8.55. The minimum atomic E-state index is -3.71. The summed E-state index contributed by atoms with van der Waals surface area (Å²) in [5.74, 6) is -0.213. The summed E-state index contributed by atoms with van der Waals surface area (Å²) < 4.78 is 22.7. The Bertz CT molecular complexity index is 788. The molecule has 1 aliphatic rings. The van der Waals surface area contributed by atoms with Gasteiger partial charge >= 0.3 is 0 Å². The van der Waals surface area contributed by atoms with E-state index in [1.165, 1.54) is 4.90 Å². The second-order valence-electron chi connectivity index (χ2n) is 4.84. The lowest BCUT2D eigenvalue weighted by molar-refractivity contribution is -0.117. The van der Waals surface area contributed by atoms with Crippen LogP contribution in [0, 0.1) is 0 Å². The number of nitrogens with zero attached hydrogens (tertiary/aromatic N) is 1. The molecule has 0 aromatic heterocycles. The maximum Gasteiger partial charge on any atom is 0.237 e. The highest BCUT2D eigenvalue weighted by Gasteiger charge is 2.37. The summed E-state index contributed by atoms with van der Waals surface area (Å²) in [6, 6.07) is 13.4. The summed E-state index contributed by atoms with van der Waals surface area (Å²) in [5, 5.41) is 1.25. The lowest BCUT2D eigenvalue weighted by atomic mass is 10.1. The Labute approximate surface area is 121 Å². The van der Waals surface area contributed by atoms with E-state index in [1.54, 1.807) is 0 Å². The molecule has 1 heterocycles. The smallest absolute Gasteiger partial charge is 0.237 e. The van der Waals surface area contributed by atoms with Crippen LogP contribution < -0.4 is 4.90 Å². The number of amides is 1. The number of halogens is 1. The van der Waals surface area contributed by atoms with Crippen molar-refractivity contribution in [3.05, 3.63) is 42.5 Å². The highest BCUT2D eigenvalue weighted by atomic mass is 35.7. The van der Waals surface area contributed by atoms with Crippen LogP contribution in [0.1, 0.15) is 6.42 Å². The van der Waals surface area contributed by atoms with Crippen molar-refractivity contribution < 1.29 is 13.2 Å². The van der Waals surface area contributed by atoms with Gasteiger partial charge < -0.3 is 4.90 Å². The molecular formula is C14H12ClNO3S. The minimum absolute atomic E-state index is 0.0569. The molecule has 3 rings (SSSR count). The van der Waals surface area contributed by atoms with Crippen LogP contribution in [0.4, 0.5) is 5.69 Å². The molecule has 0 radical (unpaired) electrons. The zero-order valence-electron chi connectivity index (χ0n) is 10.5. The molecule has 1 fully saturated rings. The van der Waals surface area contributed by atoms with Gasteiger partial charge in [-0.15, -0.1) is 0 Å². The summed E-state index contributed by atoms with van der Waals surface area (Å²) >= 11 is 0. The molecule has 2 aromatic rings. The number of carbonyl (C=O) groups is 1. The van der Waals surface area contributed by atoms with E-state index in [4.69, 9.17) is 10.7 Å². The molecule has 1 amide bonds. The largest absolute Gasteiger partial charge is 0.311 e. The number of hydrogen-bond acceptors (Lipinski definition) is 3. The fourth-order valence-corrected chi connectivity index (χ4v) is 3.48. The molecule has 20 heavy (non-hydrogen) atoms. The molecule has 104 valence electrons. The maximum absolute atomic E-state index is 12.0. The van der Waals surface area contributed by atoms with Crippen LogP contribution >= 0.6 is 10.7 Å². The molecule has 0 spiro atoms. The molecule has 1 aliphatic heterocycles. The van der Waals surface area contributed by atoms with E-state index < -0.39 is 14.3 Å². The fraction of sp³-hybridized carbons (Fsp3) is 0.214. The third-order valence-electron chi connectivity index (χ3n) is 3.53. The standard InChI is InChI=1S/C14H12ClNO3S/c15-20(18,19)13-8-14(17)16(9-13)12-6-5-10-3-1-2-4-11(10)7-12/h1-7,13H,8-9H2. The van der Waals surface area contributed by atoms with E-state index in [9.17, 15) is 13.2 Å². The number of fused-ring (bicyclic) bond motifs is 1. The van der Waals surface area contributed by atoms with Crippen molar-refractivity contribution >= 4 is 42.1 Å². The van der Waals surface area contributed by atoms with E-state index in [-0.39, 0.29) is 18.9 Å². The van der Waals surface area contributed by atoms with Crippen molar-refractivity contribution in [3.8, 4) is 0 Å². The Kier molecular flexibility index (Phi) is 3.18. The van der Waals surface area contributed by atoms with Crippen molar-refractivity contribution in [1.82, 2.24) is 0 Å². The summed E-state index contributed by atoms with van der Waals surface area (Å²) in [7, 11) is 1.64. The van der Waals surface area contributed by atoms with Crippen LogP contribution in [-0.2, 0) is 13.8 Å². The molecule has 4 nitrogen and oxygen atoms in total. The third kappa shape index (κ3) is 2.39. The second-order valence-corrected chi connectivity index (χ2v) is 7.75. The molecular weight excluding hydrogens is 298 g/mol. The van der Waals surface area contributed by atoms with E-state index in [2.05, 4.69) is 0 Å². The fourth-order valence-electron chi connectivity index (χ4n) is 2.46. The first-order chi connectivity index (χ1) is 9.45. The number of anilines is 1. The number of benzene rings is 2. The zero-order chi connectivity index (χ0) is 14.3. The quantitative estimate of drug-likeness (QED) is 0.801. The van der Waals surface area contributed by atoms with Gasteiger partial charge in [0, 0.05) is 29.3 Å². The molecule has 1 atom stereocenters. The molecule has 0 saturated carbocycles. The predicted octanol–water partition coefficient (Wildman–Crippen LogP) is 2.51. The van der Waals surface area contributed by atoms with E-state index >= 15 is 0 Å². The van der Waals surface area contributed by atoms with Gasteiger partial charge in [-0.2, -0.15) is 0 Å². The summed E-state index contributed by atoms with van der Waals surface area (Å²) in [4.78, 5) is 13.5. The first kappa shape index (κ1) is 13.4. The van der Waals surface area contributed by atoms with Crippen LogP contribution in [0.25, 0.3) is 10.8 Å². The number of carbonyl (C=O) groups excluding carboxylic acids is 1. The summed E-state index contributed by atoms with van der Waals surface area (Å²) in [6.45, 7) is 0.114. The molecule has 0 N–H and O–H groups in total. The van der Waals surface area contributed by atoms with Crippen LogP contribution in [0.3, 0.4) is 0 Å². The van der Waals surface area contributed by atoms with Crippen molar-refractivity contribution in [2.45, 2.75) is 11.7 Å². The van der Waals surface area contributed by atoms with Gasteiger partial charge in [0.1, 0.15) is 5.25 Å². The first-order valence-electron chi connectivity index (χ1n) is 6.18. The molecule has 2 aromatic carbocycles. The lowest BCUT2D eigenvalue weighted by Crippen LogP contribution is -2.26. The van der Waals surface area contributed by atoms with E-state index in [1.807, 2.05) is 42.5 Å². The van der Waals surface area contributed by atoms with Crippen LogP contribution in [0.5, 0.6) is 0 Å². The highest BCUT2D eigenvalue weighted by Crippen LogP contribution is 2.29. The van der Waals surface area contributed by atoms with Crippen molar-refractivity contribution in [2.75, 3.05) is 11.4 Å². The Morgan fingerprint density at radius 3 is 2.45 bits per heavy atom. The monoisotopic (exact) mass is 309 g/mol. The van der Waals surface area contributed by atoms with Crippen molar-refractivity contribution in [1.29, 1.82) is 0 Å². The molecule has 1 saturated heterocycles. The van der Waals surface area contributed by atoms with Gasteiger partial charge in [-0.3, -0.25) is 4.79 Å². The van der Waals surface area contributed by atoms with Crippen LogP contribution in [-0.4, -0.2) is 26.1 Å². The average molecular weight is 310 g/mol. The normalized spacial score (nSPS) is 19.8. The average Bonchev–Trinajstić information content (AvgIpc) is 2.80. The Morgan fingerprint density at radius 1 is 1.10 bits per heavy atom. The third-order valence-corrected chi connectivity index (χ3v) is 5.40. The van der Waals surface area contributed by atoms with Gasteiger partial charge in [0.15, 0.2) is 0 Å². The Morgan fingerprint density at radius 2 is 1.80 bits per heavy atom. The predicted molar refractivity (Wildman–Crippen MR) is 79.5 cm³/mol. The summed E-state index contributed by atoms with van der Waals surface area (Å²) in [5.41, 5.74) is 0.705. The van der Waals surface area contributed by atoms with Crippen LogP contribution in [0.15, 0.2) is 42.5 Å².